The molecule has 2 unspecified atom stereocenters. The summed E-state index contributed by atoms with van der Waals surface area (Å²) in [6.45, 7) is 4.78. The predicted octanol–water partition coefficient (Wildman–Crippen LogP) is 4.63. The highest BCUT2D eigenvalue weighted by molar-refractivity contribution is 7.66. The highest BCUT2D eigenvalue weighted by Gasteiger charge is 2.35. The molecule has 0 aromatic heterocycles. The van der Waals surface area contributed by atoms with Crippen LogP contribution in [0.3, 0.4) is 0 Å². The zero-order chi connectivity index (χ0) is 11.8. The van der Waals surface area contributed by atoms with Gasteiger partial charge in [-0.2, -0.15) is 0 Å². The number of benzene rings is 2. The molecular weight excluding hydrogens is 223 g/mol. The van der Waals surface area contributed by atoms with Crippen LogP contribution in [0.1, 0.15) is 36.3 Å². The molecule has 2 aromatic rings. The molecule has 0 amide bonds. The second kappa shape index (κ2) is 4.27. The van der Waals surface area contributed by atoms with Crippen LogP contribution >= 0.6 is 7.92 Å². The van der Waals surface area contributed by atoms with Crippen molar-refractivity contribution in [1.29, 1.82) is 0 Å². The van der Waals surface area contributed by atoms with Crippen LogP contribution in [0.5, 0.6) is 0 Å². The quantitative estimate of drug-likeness (QED) is 0.637. The minimum atomic E-state index is -0.0895. The Morgan fingerprint density at radius 3 is 1.71 bits per heavy atom. The Bertz CT molecular complexity index is 489. The van der Waals surface area contributed by atoms with E-state index in [0.29, 0.717) is 11.3 Å². The lowest BCUT2D eigenvalue weighted by Crippen LogP contribution is -2.03. The van der Waals surface area contributed by atoms with E-state index in [1.54, 1.807) is 16.4 Å². The lowest BCUT2D eigenvalue weighted by molar-refractivity contribution is 1.08. The highest BCUT2D eigenvalue weighted by atomic mass is 31.1. The van der Waals surface area contributed by atoms with E-state index in [4.69, 9.17) is 0 Å². The normalized spacial score (nSPS) is 26.8. The molecule has 2 atom stereocenters. The second-order valence-corrected chi connectivity index (χ2v) is 7.60. The molecule has 17 heavy (non-hydrogen) atoms. The first-order chi connectivity index (χ1) is 8.29. The van der Waals surface area contributed by atoms with Crippen molar-refractivity contribution in [1.82, 2.24) is 0 Å². The number of hydrogen-bond acceptors (Lipinski definition) is 0. The number of rotatable bonds is 1. The third-order valence-electron chi connectivity index (χ3n) is 3.79. The third kappa shape index (κ3) is 1.72. The SMILES string of the molecule is CC1c2ccccc2C(C)P1c1ccccc1. The van der Waals surface area contributed by atoms with Gasteiger partial charge in [0.2, 0.25) is 0 Å². The molecule has 0 N–H and O–H groups in total. The minimum Gasteiger partial charge on any atom is -0.0622 e. The molecule has 0 aliphatic carbocycles. The molecule has 0 saturated carbocycles. The van der Waals surface area contributed by atoms with Gasteiger partial charge >= 0.3 is 0 Å². The summed E-state index contributed by atoms with van der Waals surface area (Å²) in [5.41, 5.74) is 4.52. The van der Waals surface area contributed by atoms with E-state index in [-0.39, 0.29) is 7.92 Å². The van der Waals surface area contributed by atoms with Crippen LogP contribution < -0.4 is 5.30 Å². The average molecular weight is 240 g/mol. The van der Waals surface area contributed by atoms with Crippen LogP contribution in [0.15, 0.2) is 54.6 Å². The van der Waals surface area contributed by atoms with Crippen LogP contribution in [0.25, 0.3) is 0 Å². The molecule has 0 saturated heterocycles. The Morgan fingerprint density at radius 1 is 0.706 bits per heavy atom. The predicted molar refractivity (Wildman–Crippen MR) is 76.3 cm³/mol. The van der Waals surface area contributed by atoms with Crippen LogP contribution in [0.2, 0.25) is 0 Å². The van der Waals surface area contributed by atoms with Crippen molar-refractivity contribution in [2.45, 2.75) is 25.2 Å². The van der Waals surface area contributed by atoms with Crippen molar-refractivity contribution >= 4 is 13.2 Å². The summed E-state index contributed by atoms with van der Waals surface area (Å²) in [5, 5.41) is 1.54. The third-order valence-corrected chi connectivity index (χ3v) is 6.90. The summed E-state index contributed by atoms with van der Waals surface area (Å²) in [6.07, 6.45) is 0. The van der Waals surface area contributed by atoms with E-state index in [1.807, 2.05) is 0 Å². The standard InChI is InChI=1S/C16H17P/c1-12-15-10-6-7-11-16(15)13(2)17(12)14-8-4-3-5-9-14/h3-13H,1-2H3. The fourth-order valence-corrected chi connectivity index (χ4v) is 6.11. The summed E-state index contributed by atoms with van der Waals surface area (Å²) >= 11 is 0. The zero-order valence-electron chi connectivity index (χ0n) is 10.3. The number of hydrogen-bond donors (Lipinski definition) is 0. The number of fused-ring (bicyclic) bond motifs is 1. The Labute approximate surface area is 104 Å². The van der Waals surface area contributed by atoms with Crippen molar-refractivity contribution < 1.29 is 0 Å². The van der Waals surface area contributed by atoms with Gasteiger partial charge in [-0.25, -0.2) is 0 Å². The second-order valence-electron chi connectivity index (χ2n) is 4.72. The fourth-order valence-electron chi connectivity index (χ4n) is 2.95. The lowest BCUT2D eigenvalue weighted by atomic mass is 10.0. The molecule has 0 bridgehead atoms. The summed E-state index contributed by atoms with van der Waals surface area (Å²) in [5.74, 6) is 0. The summed E-state index contributed by atoms with van der Waals surface area (Å²) < 4.78 is 0. The smallest absolute Gasteiger partial charge is 0.00619 e. The van der Waals surface area contributed by atoms with E-state index in [9.17, 15) is 0 Å². The molecule has 1 aliphatic heterocycles. The van der Waals surface area contributed by atoms with Crippen LogP contribution in [-0.2, 0) is 0 Å². The minimum absolute atomic E-state index is 0.0895. The topological polar surface area (TPSA) is 0 Å². The van der Waals surface area contributed by atoms with E-state index in [0.717, 1.165) is 0 Å². The highest BCUT2D eigenvalue weighted by Crippen LogP contribution is 2.66. The van der Waals surface area contributed by atoms with Crippen LogP contribution in [0, 0.1) is 0 Å². The van der Waals surface area contributed by atoms with Gasteiger partial charge in [0.25, 0.3) is 0 Å². The van der Waals surface area contributed by atoms with Crippen LogP contribution in [-0.4, -0.2) is 0 Å². The lowest BCUT2D eigenvalue weighted by Gasteiger charge is -2.21. The summed E-state index contributed by atoms with van der Waals surface area (Å²) in [6, 6.07) is 20.0. The van der Waals surface area contributed by atoms with Gasteiger partial charge < -0.3 is 0 Å². The molecule has 1 aliphatic rings. The van der Waals surface area contributed by atoms with E-state index in [2.05, 4.69) is 68.4 Å². The molecular formula is C16H17P. The molecule has 0 spiro atoms. The first-order valence-corrected chi connectivity index (χ1v) is 7.69. The van der Waals surface area contributed by atoms with E-state index in [1.165, 1.54) is 0 Å². The maximum atomic E-state index is 2.39. The van der Waals surface area contributed by atoms with Gasteiger partial charge in [0.15, 0.2) is 0 Å². The van der Waals surface area contributed by atoms with E-state index < -0.39 is 0 Å². The Morgan fingerprint density at radius 2 is 1.18 bits per heavy atom. The molecule has 3 rings (SSSR count). The molecule has 0 radical (unpaired) electrons. The molecule has 1 heterocycles. The van der Waals surface area contributed by atoms with Gasteiger partial charge in [-0.1, -0.05) is 76.4 Å². The maximum Gasteiger partial charge on any atom is 0.00619 e. The molecule has 0 nitrogen and oxygen atoms in total. The van der Waals surface area contributed by atoms with Crippen molar-refractivity contribution in [3.8, 4) is 0 Å². The monoisotopic (exact) mass is 240 g/mol. The van der Waals surface area contributed by atoms with Gasteiger partial charge in [0, 0.05) is 11.3 Å². The average Bonchev–Trinajstić information content (AvgIpc) is 2.64. The first kappa shape index (κ1) is 11.0. The Balaban J connectivity index is 2.06. The van der Waals surface area contributed by atoms with Gasteiger partial charge in [0.05, 0.1) is 0 Å². The molecule has 0 fully saturated rings. The van der Waals surface area contributed by atoms with Gasteiger partial charge in [-0.15, -0.1) is 0 Å². The summed E-state index contributed by atoms with van der Waals surface area (Å²) in [7, 11) is -0.0895. The largest absolute Gasteiger partial charge is 0.0622 e. The van der Waals surface area contributed by atoms with Crippen molar-refractivity contribution in [3.63, 3.8) is 0 Å². The molecule has 86 valence electrons. The zero-order valence-corrected chi connectivity index (χ0v) is 11.2. The Kier molecular flexibility index (Phi) is 2.76. The first-order valence-electron chi connectivity index (χ1n) is 6.21. The van der Waals surface area contributed by atoms with Gasteiger partial charge in [0.1, 0.15) is 0 Å². The van der Waals surface area contributed by atoms with E-state index >= 15 is 0 Å². The summed E-state index contributed by atoms with van der Waals surface area (Å²) in [4.78, 5) is 0. The van der Waals surface area contributed by atoms with Gasteiger partial charge in [-0.3, -0.25) is 0 Å². The Hall–Kier alpha value is -1.13. The van der Waals surface area contributed by atoms with Crippen molar-refractivity contribution in [2.75, 3.05) is 0 Å². The van der Waals surface area contributed by atoms with Gasteiger partial charge in [-0.05, 0) is 16.4 Å². The molecule has 1 heteroatoms. The van der Waals surface area contributed by atoms with Crippen molar-refractivity contribution in [3.05, 3.63) is 65.7 Å². The molecule has 2 aromatic carbocycles. The van der Waals surface area contributed by atoms with Crippen LogP contribution in [0.4, 0.5) is 0 Å². The fraction of sp³-hybridized carbons (Fsp3) is 0.250. The maximum absolute atomic E-state index is 2.39. The van der Waals surface area contributed by atoms with Crippen molar-refractivity contribution in [2.24, 2.45) is 0 Å².